The minimum atomic E-state index is 0.396. The number of aromatic nitrogens is 2. The van der Waals surface area contributed by atoms with Crippen LogP contribution in [0.15, 0.2) is 36.7 Å². The minimum Gasteiger partial charge on any atom is -0.497 e. The molecular weight excluding hydrogens is 250 g/mol. The molecule has 0 atom stereocenters. The Kier molecular flexibility index (Phi) is 4.36. The molecule has 1 aromatic heterocycles. The number of nitrogens with one attached hydrogen (secondary N) is 1. The van der Waals surface area contributed by atoms with Crippen molar-refractivity contribution >= 4 is 17.4 Å². The summed E-state index contributed by atoms with van der Waals surface area (Å²) < 4.78 is 5.11. The van der Waals surface area contributed by atoms with Crippen LogP contribution in [0.4, 0.5) is 5.82 Å². The summed E-state index contributed by atoms with van der Waals surface area (Å²) in [4.78, 5) is 8.06. The Morgan fingerprint density at radius 1 is 1.17 bits per heavy atom. The molecule has 94 valence electrons. The highest BCUT2D eigenvalue weighted by atomic mass is 35.5. The number of ether oxygens (including phenoxy) is 1. The van der Waals surface area contributed by atoms with E-state index in [0.29, 0.717) is 11.0 Å². The van der Waals surface area contributed by atoms with Gasteiger partial charge >= 0.3 is 0 Å². The van der Waals surface area contributed by atoms with Gasteiger partial charge in [0.2, 0.25) is 0 Å². The molecule has 0 bridgehead atoms. The first-order valence-corrected chi connectivity index (χ1v) is 6.00. The zero-order valence-electron chi connectivity index (χ0n) is 10.1. The molecule has 1 heterocycles. The number of rotatable bonds is 5. The van der Waals surface area contributed by atoms with Crippen LogP contribution in [0.3, 0.4) is 0 Å². The van der Waals surface area contributed by atoms with Gasteiger partial charge in [-0.15, -0.1) is 0 Å². The molecular formula is C13H14ClN3O. The zero-order chi connectivity index (χ0) is 12.8. The van der Waals surface area contributed by atoms with Crippen LogP contribution in [0.5, 0.6) is 5.75 Å². The molecule has 0 unspecified atom stereocenters. The van der Waals surface area contributed by atoms with Crippen molar-refractivity contribution in [3.63, 3.8) is 0 Å². The van der Waals surface area contributed by atoms with Crippen molar-refractivity contribution in [3.05, 3.63) is 47.4 Å². The lowest BCUT2D eigenvalue weighted by Gasteiger charge is -2.07. The van der Waals surface area contributed by atoms with E-state index >= 15 is 0 Å². The fourth-order valence-electron chi connectivity index (χ4n) is 1.56. The molecule has 5 heteroatoms. The number of benzene rings is 1. The Hall–Kier alpha value is -1.81. The first kappa shape index (κ1) is 12.6. The lowest BCUT2D eigenvalue weighted by atomic mass is 10.1. The molecule has 4 nitrogen and oxygen atoms in total. The number of methoxy groups -OCH3 is 1. The van der Waals surface area contributed by atoms with Gasteiger partial charge in [0, 0.05) is 18.9 Å². The predicted octanol–water partition coefficient (Wildman–Crippen LogP) is 2.79. The third-order valence-electron chi connectivity index (χ3n) is 2.52. The number of halogens is 1. The van der Waals surface area contributed by atoms with Gasteiger partial charge in [0.15, 0.2) is 11.0 Å². The Morgan fingerprint density at radius 3 is 2.56 bits per heavy atom. The number of hydrogen-bond donors (Lipinski definition) is 1. The topological polar surface area (TPSA) is 47.0 Å². The van der Waals surface area contributed by atoms with Crippen molar-refractivity contribution in [1.82, 2.24) is 9.97 Å². The van der Waals surface area contributed by atoms with Gasteiger partial charge in [-0.3, -0.25) is 0 Å². The van der Waals surface area contributed by atoms with Crippen molar-refractivity contribution in [1.29, 1.82) is 0 Å². The SMILES string of the molecule is COc1ccc(CCNc2nccnc2Cl)cc1. The van der Waals surface area contributed by atoms with Crippen LogP contribution < -0.4 is 10.1 Å². The average molecular weight is 264 g/mol. The van der Waals surface area contributed by atoms with E-state index < -0.39 is 0 Å². The number of nitrogens with zero attached hydrogens (tertiary/aromatic N) is 2. The van der Waals surface area contributed by atoms with Crippen LogP contribution in [0.2, 0.25) is 5.15 Å². The van der Waals surface area contributed by atoms with Gasteiger partial charge in [-0.1, -0.05) is 23.7 Å². The summed E-state index contributed by atoms with van der Waals surface area (Å²) in [5, 5.41) is 3.55. The van der Waals surface area contributed by atoms with Gasteiger partial charge in [0.25, 0.3) is 0 Å². The van der Waals surface area contributed by atoms with E-state index in [-0.39, 0.29) is 0 Å². The normalized spacial score (nSPS) is 10.1. The molecule has 0 aliphatic heterocycles. The van der Waals surface area contributed by atoms with Gasteiger partial charge in [0.05, 0.1) is 7.11 Å². The summed E-state index contributed by atoms with van der Waals surface area (Å²) in [6.07, 6.45) is 4.06. The van der Waals surface area contributed by atoms with Crippen molar-refractivity contribution in [2.75, 3.05) is 19.0 Å². The van der Waals surface area contributed by atoms with Gasteiger partial charge in [-0.2, -0.15) is 0 Å². The van der Waals surface area contributed by atoms with E-state index in [1.807, 2.05) is 24.3 Å². The molecule has 0 fully saturated rings. The predicted molar refractivity (Wildman–Crippen MR) is 72.2 cm³/mol. The maximum Gasteiger partial charge on any atom is 0.171 e. The summed E-state index contributed by atoms with van der Waals surface area (Å²) in [6.45, 7) is 0.755. The van der Waals surface area contributed by atoms with E-state index in [0.717, 1.165) is 18.7 Å². The van der Waals surface area contributed by atoms with Crippen LogP contribution in [0.25, 0.3) is 0 Å². The van der Waals surface area contributed by atoms with Crippen LogP contribution in [-0.2, 0) is 6.42 Å². The van der Waals surface area contributed by atoms with Gasteiger partial charge in [0.1, 0.15) is 5.75 Å². The maximum atomic E-state index is 5.89. The Morgan fingerprint density at radius 2 is 1.89 bits per heavy atom. The van der Waals surface area contributed by atoms with E-state index in [2.05, 4.69) is 15.3 Å². The van der Waals surface area contributed by atoms with Crippen LogP contribution in [-0.4, -0.2) is 23.6 Å². The molecule has 0 saturated carbocycles. The van der Waals surface area contributed by atoms with Gasteiger partial charge < -0.3 is 10.1 Å². The molecule has 1 aromatic carbocycles. The Bertz CT molecular complexity index is 502. The second-order valence-corrected chi connectivity index (χ2v) is 4.08. The quantitative estimate of drug-likeness (QED) is 0.901. The van der Waals surface area contributed by atoms with Crippen LogP contribution in [0.1, 0.15) is 5.56 Å². The summed E-state index contributed by atoms with van der Waals surface area (Å²) in [5.41, 5.74) is 1.23. The van der Waals surface area contributed by atoms with Crippen molar-refractivity contribution in [2.24, 2.45) is 0 Å². The Labute approximate surface area is 111 Å². The molecule has 0 saturated heterocycles. The second-order valence-electron chi connectivity index (χ2n) is 3.72. The fourth-order valence-corrected chi connectivity index (χ4v) is 1.73. The van der Waals surface area contributed by atoms with E-state index in [1.54, 1.807) is 19.5 Å². The summed E-state index contributed by atoms with van der Waals surface area (Å²) in [7, 11) is 1.66. The van der Waals surface area contributed by atoms with E-state index in [9.17, 15) is 0 Å². The second kappa shape index (κ2) is 6.21. The maximum absolute atomic E-state index is 5.89. The van der Waals surface area contributed by atoms with Crippen molar-refractivity contribution in [3.8, 4) is 5.75 Å². The lowest BCUT2D eigenvalue weighted by molar-refractivity contribution is 0.414. The average Bonchev–Trinajstić information content (AvgIpc) is 2.42. The van der Waals surface area contributed by atoms with E-state index in [1.165, 1.54) is 5.56 Å². The Balaban J connectivity index is 1.86. The van der Waals surface area contributed by atoms with Gasteiger partial charge in [-0.05, 0) is 24.1 Å². The molecule has 0 aliphatic rings. The molecule has 18 heavy (non-hydrogen) atoms. The highest BCUT2D eigenvalue weighted by Gasteiger charge is 2.01. The minimum absolute atomic E-state index is 0.396. The first-order valence-electron chi connectivity index (χ1n) is 5.63. The standard InChI is InChI=1S/C13H14ClN3O/c1-18-11-4-2-10(3-5-11)6-7-16-13-12(14)15-8-9-17-13/h2-5,8-9H,6-7H2,1H3,(H,16,17). The molecule has 0 amide bonds. The monoisotopic (exact) mass is 263 g/mol. The number of hydrogen-bond acceptors (Lipinski definition) is 4. The molecule has 0 aliphatic carbocycles. The molecule has 1 N–H and O–H groups in total. The van der Waals surface area contributed by atoms with Crippen LogP contribution in [0, 0.1) is 0 Å². The first-order chi connectivity index (χ1) is 8.79. The zero-order valence-corrected chi connectivity index (χ0v) is 10.8. The van der Waals surface area contributed by atoms with Crippen molar-refractivity contribution < 1.29 is 4.74 Å². The third kappa shape index (κ3) is 3.34. The highest BCUT2D eigenvalue weighted by molar-refractivity contribution is 6.31. The molecule has 0 spiro atoms. The molecule has 2 aromatic rings. The van der Waals surface area contributed by atoms with E-state index in [4.69, 9.17) is 16.3 Å². The highest BCUT2D eigenvalue weighted by Crippen LogP contribution is 2.15. The number of anilines is 1. The van der Waals surface area contributed by atoms with Crippen LogP contribution >= 0.6 is 11.6 Å². The summed E-state index contributed by atoms with van der Waals surface area (Å²) in [5.74, 6) is 1.48. The molecule has 2 rings (SSSR count). The van der Waals surface area contributed by atoms with Crippen molar-refractivity contribution in [2.45, 2.75) is 6.42 Å². The fraction of sp³-hybridized carbons (Fsp3) is 0.231. The summed E-state index contributed by atoms with van der Waals surface area (Å²) >= 11 is 5.89. The lowest BCUT2D eigenvalue weighted by Crippen LogP contribution is -2.07. The van der Waals surface area contributed by atoms with Gasteiger partial charge in [-0.25, -0.2) is 9.97 Å². The summed E-state index contributed by atoms with van der Waals surface area (Å²) in [6, 6.07) is 7.98. The smallest absolute Gasteiger partial charge is 0.171 e. The molecule has 0 radical (unpaired) electrons. The third-order valence-corrected chi connectivity index (χ3v) is 2.80. The largest absolute Gasteiger partial charge is 0.497 e.